The van der Waals surface area contributed by atoms with Crippen molar-refractivity contribution in [2.45, 2.75) is 4.90 Å². The Morgan fingerprint density at radius 2 is 1.91 bits per heavy atom. The van der Waals surface area contributed by atoms with Gasteiger partial charge in [-0.1, -0.05) is 35.9 Å². The van der Waals surface area contributed by atoms with Crippen LogP contribution in [-0.2, 0) is 10.0 Å². The Morgan fingerprint density at radius 3 is 2.52 bits per heavy atom. The fourth-order valence-electron chi connectivity index (χ4n) is 1.98. The van der Waals surface area contributed by atoms with Crippen molar-refractivity contribution in [3.05, 3.63) is 76.3 Å². The average Bonchev–Trinajstić information content (AvgIpc) is 2.53. The molecule has 2 rings (SSSR count). The summed E-state index contributed by atoms with van der Waals surface area (Å²) in [6, 6.07) is 11.3. The van der Waals surface area contributed by atoms with E-state index in [1.54, 1.807) is 24.3 Å². The minimum absolute atomic E-state index is 0.0191. The maximum absolute atomic E-state index is 12.8. The fourth-order valence-corrected chi connectivity index (χ4v) is 3.76. The summed E-state index contributed by atoms with van der Waals surface area (Å²) >= 11 is 6.08. The third-order valence-corrected chi connectivity index (χ3v) is 5.13. The highest BCUT2D eigenvalue weighted by Gasteiger charge is 2.26. The Hall–Kier alpha value is -2.38. The maximum Gasteiger partial charge on any atom is 0.270 e. The first kappa shape index (κ1) is 17.0. The molecule has 0 radical (unpaired) electrons. The van der Waals surface area contributed by atoms with Crippen LogP contribution in [0.3, 0.4) is 0 Å². The van der Waals surface area contributed by atoms with Gasteiger partial charge < -0.3 is 0 Å². The van der Waals surface area contributed by atoms with Crippen molar-refractivity contribution in [3.8, 4) is 0 Å². The molecular weight excluding hydrogens is 340 g/mol. The van der Waals surface area contributed by atoms with Crippen molar-refractivity contribution in [3.63, 3.8) is 0 Å². The van der Waals surface area contributed by atoms with Crippen molar-refractivity contribution in [2.75, 3.05) is 10.8 Å². The van der Waals surface area contributed by atoms with Crippen LogP contribution >= 0.6 is 11.6 Å². The van der Waals surface area contributed by atoms with Crippen molar-refractivity contribution in [2.24, 2.45) is 0 Å². The lowest BCUT2D eigenvalue weighted by Gasteiger charge is -2.24. The Morgan fingerprint density at radius 1 is 1.22 bits per heavy atom. The van der Waals surface area contributed by atoms with E-state index in [0.29, 0.717) is 0 Å². The van der Waals surface area contributed by atoms with E-state index in [9.17, 15) is 18.5 Å². The Labute approximate surface area is 138 Å². The fraction of sp³-hybridized carbons (Fsp3) is 0.0667. The van der Waals surface area contributed by atoms with Crippen molar-refractivity contribution >= 4 is 33.0 Å². The summed E-state index contributed by atoms with van der Waals surface area (Å²) in [6.07, 6.45) is 1.41. The Kier molecular flexibility index (Phi) is 5.02. The largest absolute Gasteiger partial charge is 0.270 e. The topological polar surface area (TPSA) is 80.5 Å². The molecule has 0 aliphatic carbocycles. The van der Waals surface area contributed by atoms with Gasteiger partial charge in [-0.15, -0.1) is 6.58 Å². The van der Waals surface area contributed by atoms with Crippen LogP contribution in [0.2, 0.25) is 5.02 Å². The van der Waals surface area contributed by atoms with Gasteiger partial charge >= 0.3 is 0 Å². The molecule has 0 unspecified atom stereocenters. The molecular formula is C15H13ClN2O4S. The van der Waals surface area contributed by atoms with Crippen LogP contribution in [0.5, 0.6) is 0 Å². The first-order chi connectivity index (χ1) is 10.9. The molecule has 0 amide bonds. The van der Waals surface area contributed by atoms with Gasteiger partial charge in [0.05, 0.1) is 27.1 Å². The van der Waals surface area contributed by atoms with E-state index in [-0.39, 0.29) is 27.8 Å². The van der Waals surface area contributed by atoms with Gasteiger partial charge in [-0.25, -0.2) is 8.42 Å². The molecule has 0 N–H and O–H groups in total. The molecule has 0 bridgehead atoms. The second kappa shape index (κ2) is 6.80. The zero-order valence-corrected chi connectivity index (χ0v) is 13.5. The van der Waals surface area contributed by atoms with Gasteiger partial charge in [0.25, 0.3) is 15.7 Å². The van der Waals surface area contributed by atoms with E-state index in [1.807, 2.05) is 0 Å². The summed E-state index contributed by atoms with van der Waals surface area (Å²) < 4.78 is 26.8. The van der Waals surface area contributed by atoms with Crippen LogP contribution in [0.4, 0.5) is 11.4 Å². The highest BCUT2D eigenvalue weighted by Crippen LogP contribution is 2.31. The summed E-state index contributed by atoms with van der Waals surface area (Å²) in [6.45, 7) is 3.53. The molecule has 0 atom stereocenters. The number of para-hydroxylation sites is 1. The number of halogens is 1. The summed E-state index contributed by atoms with van der Waals surface area (Å²) in [5, 5.41) is 11.1. The molecule has 0 spiro atoms. The standard InChI is InChI=1S/C15H13ClN2O4S/c1-2-10-17(15-9-4-3-8-14(15)16)23(21,22)13-7-5-6-12(11-13)18(19)20/h2-9,11H,1,10H2. The normalized spacial score (nSPS) is 11.0. The second-order valence-electron chi connectivity index (χ2n) is 4.53. The van der Waals surface area contributed by atoms with Crippen molar-refractivity contribution in [1.29, 1.82) is 0 Å². The van der Waals surface area contributed by atoms with Crippen LogP contribution in [0, 0.1) is 10.1 Å². The lowest BCUT2D eigenvalue weighted by molar-refractivity contribution is -0.385. The van der Waals surface area contributed by atoms with E-state index < -0.39 is 14.9 Å². The van der Waals surface area contributed by atoms with Gasteiger partial charge in [-0.2, -0.15) is 0 Å². The minimum Gasteiger partial charge on any atom is -0.261 e. The molecule has 120 valence electrons. The predicted octanol–water partition coefficient (Wildman–Crippen LogP) is 3.63. The maximum atomic E-state index is 12.8. The molecule has 6 nitrogen and oxygen atoms in total. The number of nitrogens with zero attached hydrogens (tertiary/aromatic N) is 2. The molecule has 0 aliphatic rings. The van der Waals surface area contributed by atoms with Gasteiger partial charge in [0.15, 0.2) is 0 Å². The summed E-state index contributed by atoms with van der Waals surface area (Å²) in [4.78, 5) is 10.0. The number of hydrogen-bond acceptors (Lipinski definition) is 4. The highest BCUT2D eigenvalue weighted by atomic mass is 35.5. The van der Waals surface area contributed by atoms with Crippen LogP contribution in [0.15, 0.2) is 66.1 Å². The molecule has 2 aromatic rings. The SMILES string of the molecule is C=CCN(c1ccccc1Cl)S(=O)(=O)c1cccc([N+](=O)[O-])c1. The van der Waals surface area contributed by atoms with Crippen LogP contribution in [0.1, 0.15) is 0 Å². The molecule has 0 aromatic heterocycles. The number of hydrogen-bond donors (Lipinski definition) is 0. The summed E-state index contributed by atoms with van der Waals surface area (Å²) in [5.41, 5.74) is -0.0237. The summed E-state index contributed by atoms with van der Waals surface area (Å²) in [7, 11) is -4.02. The van der Waals surface area contributed by atoms with Crippen LogP contribution < -0.4 is 4.31 Å². The zero-order valence-electron chi connectivity index (χ0n) is 11.9. The average molecular weight is 353 g/mol. The Bertz CT molecular complexity index is 852. The number of rotatable bonds is 6. The quantitative estimate of drug-likeness (QED) is 0.451. The number of anilines is 1. The monoisotopic (exact) mass is 352 g/mol. The van der Waals surface area contributed by atoms with Gasteiger partial charge in [0.2, 0.25) is 0 Å². The molecule has 0 saturated carbocycles. The van der Waals surface area contributed by atoms with E-state index in [2.05, 4.69) is 6.58 Å². The third-order valence-electron chi connectivity index (χ3n) is 3.03. The van der Waals surface area contributed by atoms with Gasteiger partial charge in [0.1, 0.15) is 0 Å². The van der Waals surface area contributed by atoms with Gasteiger partial charge in [-0.3, -0.25) is 14.4 Å². The number of non-ortho nitro benzene ring substituents is 1. The lowest BCUT2D eigenvalue weighted by atomic mass is 10.3. The van der Waals surface area contributed by atoms with E-state index in [0.717, 1.165) is 10.4 Å². The first-order valence-electron chi connectivity index (χ1n) is 6.50. The molecule has 0 heterocycles. The van der Waals surface area contributed by atoms with Gasteiger partial charge in [0, 0.05) is 12.1 Å². The number of benzene rings is 2. The first-order valence-corrected chi connectivity index (χ1v) is 8.32. The van der Waals surface area contributed by atoms with E-state index in [4.69, 9.17) is 11.6 Å². The minimum atomic E-state index is -4.02. The highest BCUT2D eigenvalue weighted by molar-refractivity contribution is 7.92. The third kappa shape index (κ3) is 3.52. The molecule has 0 fully saturated rings. The molecule has 0 aliphatic heterocycles. The van der Waals surface area contributed by atoms with Crippen molar-refractivity contribution < 1.29 is 13.3 Å². The van der Waals surface area contributed by atoms with Crippen molar-refractivity contribution in [1.82, 2.24) is 0 Å². The summed E-state index contributed by atoms with van der Waals surface area (Å²) in [5.74, 6) is 0. The van der Waals surface area contributed by atoms with Crippen LogP contribution in [-0.4, -0.2) is 19.9 Å². The molecule has 0 saturated heterocycles. The number of sulfonamides is 1. The number of nitro groups is 1. The smallest absolute Gasteiger partial charge is 0.261 e. The second-order valence-corrected chi connectivity index (χ2v) is 6.80. The van der Waals surface area contributed by atoms with Gasteiger partial charge in [-0.05, 0) is 18.2 Å². The Balaban J connectivity index is 2.58. The number of nitro benzene ring substituents is 1. The van der Waals surface area contributed by atoms with Crippen LogP contribution in [0.25, 0.3) is 0 Å². The zero-order chi connectivity index (χ0) is 17.0. The predicted molar refractivity (Wildman–Crippen MR) is 89.3 cm³/mol. The molecule has 23 heavy (non-hydrogen) atoms. The van der Waals surface area contributed by atoms with E-state index in [1.165, 1.54) is 24.3 Å². The van der Waals surface area contributed by atoms with E-state index >= 15 is 0 Å². The lowest BCUT2D eigenvalue weighted by Crippen LogP contribution is -2.31. The molecule has 2 aromatic carbocycles. The molecule has 8 heteroatoms.